The highest BCUT2D eigenvalue weighted by atomic mass is 16.5. The highest BCUT2D eigenvalue weighted by Crippen LogP contribution is 2.30. The predicted molar refractivity (Wildman–Crippen MR) is 74.0 cm³/mol. The average Bonchev–Trinajstić information content (AvgIpc) is 2.87. The Hall–Kier alpha value is -1.81. The Labute approximate surface area is 112 Å². The summed E-state index contributed by atoms with van der Waals surface area (Å²) < 4.78 is 7.13. The molecule has 100 valence electrons. The van der Waals surface area contributed by atoms with Crippen molar-refractivity contribution < 1.29 is 9.53 Å². The smallest absolute Gasteiger partial charge is 0.340 e. The third kappa shape index (κ3) is 1.92. The molecule has 0 N–H and O–H groups in total. The van der Waals surface area contributed by atoms with Crippen molar-refractivity contribution in [2.75, 3.05) is 13.7 Å². The van der Waals surface area contributed by atoms with E-state index in [1.807, 2.05) is 24.7 Å². The molecule has 0 atom stereocenters. The largest absolute Gasteiger partial charge is 0.462 e. The van der Waals surface area contributed by atoms with Crippen molar-refractivity contribution in [2.24, 2.45) is 7.05 Å². The first-order chi connectivity index (χ1) is 9.10. The van der Waals surface area contributed by atoms with Crippen molar-refractivity contribution in [3.8, 4) is 0 Å². The highest BCUT2D eigenvalue weighted by molar-refractivity contribution is 6.04. The summed E-state index contributed by atoms with van der Waals surface area (Å²) in [5.74, 6) is -0.237. The lowest BCUT2D eigenvalue weighted by atomic mass is 10.1. The summed E-state index contributed by atoms with van der Waals surface area (Å²) in [6.07, 6.45) is 1.86. The minimum atomic E-state index is -0.237. The Bertz CT molecular complexity index is 658. The molecule has 0 amide bonds. The molecule has 4 nitrogen and oxygen atoms in total. The van der Waals surface area contributed by atoms with Crippen LogP contribution in [0, 0.1) is 0 Å². The molecule has 0 saturated carbocycles. The van der Waals surface area contributed by atoms with Gasteiger partial charge in [0.2, 0.25) is 0 Å². The zero-order valence-electron chi connectivity index (χ0n) is 11.6. The zero-order valence-corrected chi connectivity index (χ0v) is 11.6. The highest BCUT2D eigenvalue weighted by Gasteiger charge is 2.21. The van der Waals surface area contributed by atoms with E-state index < -0.39 is 0 Å². The van der Waals surface area contributed by atoms with E-state index in [9.17, 15) is 4.79 Å². The number of ether oxygens (including phenoxy) is 1. The number of aryl methyl sites for hydroxylation is 1. The Balaban J connectivity index is 2.16. The van der Waals surface area contributed by atoms with Crippen LogP contribution < -0.4 is 0 Å². The topological polar surface area (TPSA) is 34.5 Å². The van der Waals surface area contributed by atoms with E-state index in [1.54, 1.807) is 0 Å². The maximum atomic E-state index is 12.0. The monoisotopic (exact) mass is 258 g/mol. The molecule has 0 unspecified atom stereocenters. The van der Waals surface area contributed by atoms with E-state index in [2.05, 4.69) is 24.1 Å². The van der Waals surface area contributed by atoms with Gasteiger partial charge < -0.3 is 9.30 Å². The Kier molecular flexibility index (Phi) is 2.82. The number of hydrogen-bond acceptors (Lipinski definition) is 3. The number of carbonyl (C=O) groups excluding carboxylic acids is 1. The standard InChI is InChI=1S/C15H18N2O2/c1-4-19-15(18)13-9-17(3)14-6-11-8-16(2)7-10(11)5-12(13)14/h5-6,9H,4,7-8H2,1-3H3. The minimum Gasteiger partial charge on any atom is -0.462 e. The van der Waals surface area contributed by atoms with Crippen molar-refractivity contribution in [3.05, 3.63) is 35.0 Å². The van der Waals surface area contributed by atoms with Crippen molar-refractivity contribution in [3.63, 3.8) is 0 Å². The Morgan fingerprint density at radius 2 is 1.95 bits per heavy atom. The van der Waals surface area contributed by atoms with Crippen molar-refractivity contribution in [1.29, 1.82) is 0 Å². The van der Waals surface area contributed by atoms with Crippen LogP contribution in [0.15, 0.2) is 18.3 Å². The van der Waals surface area contributed by atoms with E-state index >= 15 is 0 Å². The Morgan fingerprint density at radius 3 is 2.63 bits per heavy atom. The van der Waals surface area contributed by atoms with Gasteiger partial charge >= 0.3 is 5.97 Å². The van der Waals surface area contributed by atoms with Crippen LogP contribution in [-0.2, 0) is 24.9 Å². The molecular weight excluding hydrogens is 240 g/mol. The third-order valence-electron chi connectivity index (χ3n) is 3.69. The van der Waals surface area contributed by atoms with Gasteiger partial charge in [0.15, 0.2) is 0 Å². The molecule has 1 aromatic carbocycles. The molecule has 2 aromatic rings. The molecule has 4 heteroatoms. The summed E-state index contributed by atoms with van der Waals surface area (Å²) in [5.41, 5.74) is 4.42. The van der Waals surface area contributed by atoms with Gasteiger partial charge in [-0.05, 0) is 37.2 Å². The van der Waals surface area contributed by atoms with Gasteiger partial charge in [0.1, 0.15) is 0 Å². The van der Waals surface area contributed by atoms with Gasteiger partial charge in [-0.3, -0.25) is 4.90 Å². The molecule has 3 rings (SSSR count). The second-order valence-electron chi connectivity index (χ2n) is 5.18. The zero-order chi connectivity index (χ0) is 13.6. The first-order valence-electron chi connectivity index (χ1n) is 6.56. The van der Waals surface area contributed by atoms with Crippen LogP contribution >= 0.6 is 0 Å². The number of aromatic nitrogens is 1. The van der Waals surface area contributed by atoms with Gasteiger partial charge in [-0.1, -0.05) is 0 Å². The maximum absolute atomic E-state index is 12.0. The average molecular weight is 258 g/mol. The van der Waals surface area contributed by atoms with E-state index in [-0.39, 0.29) is 5.97 Å². The normalized spacial score (nSPS) is 14.9. The maximum Gasteiger partial charge on any atom is 0.340 e. The van der Waals surface area contributed by atoms with Crippen LogP contribution in [0.5, 0.6) is 0 Å². The Morgan fingerprint density at radius 1 is 1.26 bits per heavy atom. The molecule has 1 aliphatic rings. The SMILES string of the molecule is CCOC(=O)c1cn(C)c2cc3c(cc12)CN(C)C3. The van der Waals surface area contributed by atoms with Gasteiger partial charge in [-0.2, -0.15) is 0 Å². The van der Waals surface area contributed by atoms with Crippen LogP contribution in [-0.4, -0.2) is 29.1 Å². The molecule has 1 aliphatic heterocycles. The number of fused-ring (bicyclic) bond motifs is 2. The van der Waals surface area contributed by atoms with Crippen LogP contribution in [0.1, 0.15) is 28.4 Å². The van der Waals surface area contributed by atoms with Gasteiger partial charge in [0, 0.05) is 37.2 Å². The van der Waals surface area contributed by atoms with Gasteiger partial charge in [0.05, 0.1) is 12.2 Å². The lowest BCUT2D eigenvalue weighted by molar-refractivity contribution is 0.0528. The summed E-state index contributed by atoms with van der Waals surface area (Å²) in [6.45, 7) is 4.16. The van der Waals surface area contributed by atoms with E-state index in [1.165, 1.54) is 11.1 Å². The lowest BCUT2D eigenvalue weighted by Crippen LogP contribution is -2.07. The summed E-state index contributed by atoms with van der Waals surface area (Å²) in [5, 5.41) is 0.995. The molecule has 19 heavy (non-hydrogen) atoms. The number of carbonyl (C=O) groups is 1. The molecule has 0 bridgehead atoms. The molecule has 0 saturated heterocycles. The molecule has 0 spiro atoms. The summed E-state index contributed by atoms with van der Waals surface area (Å²) in [4.78, 5) is 14.3. The molecule has 0 aliphatic carbocycles. The third-order valence-corrected chi connectivity index (χ3v) is 3.69. The number of esters is 1. The van der Waals surface area contributed by atoms with Gasteiger partial charge in [-0.25, -0.2) is 4.79 Å². The first kappa shape index (κ1) is 12.2. The molecule has 1 aromatic heterocycles. The van der Waals surface area contributed by atoms with E-state index in [0.29, 0.717) is 12.2 Å². The molecule has 2 heterocycles. The fraction of sp³-hybridized carbons (Fsp3) is 0.400. The second kappa shape index (κ2) is 4.38. The molecule has 0 radical (unpaired) electrons. The quantitative estimate of drug-likeness (QED) is 0.775. The second-order valence-corrected chi connectivity index (χ2v) is 5.18. The van der Waals surface area contributed by atoms with Crippen LogP contribution in [0.2, 0.25) is 0 Å². The number of rotatable bonds is 2. The predicted octanol–water partition coefficient (Wildman–Crippen LogP) is 2.30. The lowest BCUT2D eigenvalue weighted by Gasteiger charge is -2.02. The van der Waals surface area contributed by atoms with Crippen LogP contribution in [0.4, 0.5) is 0 Å². The number of benzene rings is 1. The van der Waals surface area contributed by atoms with E-state index in [4.69, 9.17) is 4.74 Å². The van der Waals surface area contributed by atoms with Crippen LogP contribution in [0.3, 0.4) is 0 Å². The summed E-state index contributed by atoms with van der Waals surface area (Å²) in [7, 11) is 4.08. The first-order valence-corrected chi connectivity index (χ1v) is 6.56. The number of hydrogen-bond donors (Lipinski definition) is 0. The van der Waals surface area contributed by atoms with Gasteiger partial charge in [0.25, 0.3) is 0 Å². The van der Waals surface area contributed by atoms with Crippen molar-refractivity contribution in [1.82, 2.24) is 9.47 Å². The minimum absolute atomic E-state index is 0.237. The van der Waals surface area contributed by atoms with Gasteiger partial charge in [-0.15, -0.1) is 0 Å². The fourth-order valence-electron chi connectivity index (χ4n) is 2.82. The van der Waals surface area contributed by atoms with E-state index in [0.717, 1.165) is 24.0 Å². The van der Waals surface area contributed by atoms with Crippen molar-refractivity contribution >= 4 is 16.9 Å². The fourth-order valence-corrected chi connectivity index (χ4v) is 2.82. The molecule has 0 fully saturated rings. The number of nitrogens with zero attached hydrogens (tertiary/aromatic N) is 2. The van der Waals surface area contributed by atoms with Crippen molar-refractivity contribution in [2.45, 2.75) is 20.0 Å². The molecular formula is C15H18N2O2. The summed E-state index contributed by atoms with van der Waals surface area (Å²) in [6, 6.07) is 4.33. The summed E-state index contributed by atoms with van der Waals surface area (Å²) >= 11 is 0. The van der Waals surface area contributed by atoms with Crippen LogP contribution in [0.25, 0.3) is 10.9 Å².